The van der Waals surface area contributed by atoms with Gasteiger partial charge in [0.05, 0.1) is 27.6 Å². The fourth-order valence-electron chi connectivity index (χ4n) is 3.83. The molecule has 12 heteroatoms. The third-order valence-corrected chi connectivity index (χ3v) is 7.83. The first-order valence-electron chi connectivity index (χ1n) is 10.4. The second-order valence-electron chi connectivity index (χ2n) is 8.14. The number of carboxylic acids is 1. The fourth-order valence-corrected chi connectivity index (χ4v) is 5.78. The van der Waals surface area contributed by atoms with E-state index in [1.807, 2.05) is 23.9 Å². The standard InChI is InChI=1S/C24H19ClF3N3O4S/c1-14-9-17(23(32)33)4-6-21(14)36(34,35)31(22-19(25)11-18(12-29-22)24(26,27)28)13-15-3-5-20-16(10-15)7-8-30(20)2/h3-12H,13H2,1-2H3,(H,32,33). The molecule has 7 nitrogen and oxygen atoms in total. The second kappa shape index (κ2) is 9.14. The van der Waals surface area contributed by atoms with Gasteiger partial charge in [-0.3, -0.25) is 0 Å². The summed E-state index contributed by atoms with van der Waals surface area (Å²) in [6.45, 7) is 1.14. The van der Waals surface area contributed by atoms with Gasteiger partial charge in [0.25, 0.3) is 10.0 Å². The molecule has 0 aliphatic carbocycles. The Morgan fingerprint density at radius 3 is 2.47 bits per heavy atom. The Hall–Kier alpha value is -3.57. The summed E-state index contributed by atoms with van der Waals surface area (Å²) in [6.07, 6.45) is -2.37. The molecule has 0 bridgehead atoms. The summed E-state index contributed by atoms with van der Waals surface area (Å²) in [5, 5.41) is 9.55. The van der Waals surface area contributed by atoms with E-state index >= 15 is 0 Å². The summed E-state index contributed by atoms with van der Waals surface area (Å²) in [4.78, 5) is 14.8. The molecule has 0 fully saturated rings. The van der Waals surface area contributed by atoms with E-state index in [-0.39, 0.29) is 28.4 Å². The number of anilines is 1. The third kappa shape index (κ3) is 4.76. The van der Waals surface area contributed by atoms with Crippen LogP contribution in [0.25, 0.3) is 10.9 Å². The maximum absolute atomic E-state index is 13.8. The van der Waals surface area contributed by atoms with Crippen LogP contribution in [0.1, 0.15) is 27.0 Å². The van der Waals surface area contributed by atoms with Crippen molar-refractivity contribution in [3.8, 4) is 0 Å². The van der Waals surface area contributed by atoms with Gasteiger partial charge >= 0.3 is 12.1 Å². The van der Waals surface area contributed by atoms with Crippen LogP contribution in [0.4, 0.5) is 19.0 Å². The Bertz CT molecular complexity index is 1600. The molecular formula is C24H19ClF3N3O4S. The van der Waals surface area contributed by atoms with E-state index in [1.54, 1.807) is 18.2 Å². The molecule has 0 saturated carbocycles. The van der Waals surface area contributed by atoms with Crippen LogP contribution >= 0.6 is 11.6 Å². The van der Waals surface area contributed by atoms with Crippen molar-refractivity contribution in [2.45, 2.75) is 24.5 Å². The first-order chi connectivity index (χ1) is 16.8. The predicted molar refractivity (Wildman–Crippen MR) is 129 cm³/mol. The molecule has 0 amide bonds. The minimum Gasteiger partial charge on any atom is -0.478 e. The van der Waals surface area contributed by atoms with Gasteiger partial charge in [0.15, 0.2) is 5.82 Å². The Morgan fingerprint density at radius 2 is 1.86 bits per heavy atom. The highest BCUT2D eigenvalue weighted by molar-refractivity contribution is 7.92. The number of nitrogens with zero attached hydrogens (tertiary/aromatic N) is 3. The number of aromatic nitrogens is 2. The molecule has 0 unspecified atom stereocenters. The number of hydrogen-bond donors (Lipinski definition) is 1. The highest BCUT2D eigenvalue weighted by Crippen LogP contribution is 2.36. The molecule has 4 rings (SSSR count). The number of halogens is 4. The van der Waals surface area contributed by atoms with Gasteiger partial charge in [0.2, 0.25) is 0 Å². The molecular weight excluding hydrogens is 519 g/mol. The Kier molecular flexibility index (Phi) is 6.48. The fraction of sp³-hybridized carbons (Fsp3) is 0.167. The van der Waals surface area contributed by atoms with E-state index in [1.165, 1.54) is 13.0 Å². The van der Waals surface area contributed by atoms with Crippen LogP contribution in [0.2, 0.25) is 5.02 Å². The van der Waals surface area contributed by atoms with Gasteiger partial charge in [-0.25, -0.2) is 22.5 Å². The monoisotopic (exact) mass is 537 g/mol. The summed E-state index contributed by atoms with van der Waals surface area (Å²) in [5.74, 6) is -1.62. The molecule has 4 aromatic rings. The number of benzene rings is 2. The lowest BCUT2D eigenvalue weighted by Crippen LogP contribution is -2.32. The zero-order valence-corrected chi connectivity index (χ0v) is 20.5. The number of pyridine rings is 1. The molecule has 0 spiro atoms. The van der Waals surface area contributed by atoms with Gasteiger partial charge in [-0.2, -0.15) is 13.2 Å². The minimum atomic E-state index is -4.72. The van der Waals surface area contributed by atoms with Crippen LogP contribution in [0.15, 0.2) is 65.8 Å². The molecule has 0 atom stereocenters. The first-order valence-corrected chi connectivity index (χ1v) is 12.2. The third-order valence-electron chi connectivity index (χ3n) is 5.65. The molecule has 0 aliphatic rings. The summed E-state index contributed by atoms with van der Waals surface area (Å²) >= 11 is 6.15. The molecule has 2 aromatic carbocycles. The van der Waals surface area contributed by atoms with Crippen LogP contribution < -0.4 is 4.31 Å². The maximum atomic E-state index is 13.8. The summed E-state index contributed by atoms with van der Waals surface area (Å²) in [7, 11) is -2.58. The molecule has 2 aromatic heterocycles. The smallest absolute Gasteiger partial charge is 0.417 e. The second-order valence-corrected chi connectivity index (χ2v) is 10.4. The van der Waals surface area contributed by atoms with Crippen LogP contribution in [-0.2, 0) is 29.8 Å². The minimum absolute atomic E-state index is 0.113. The number of hydrogen-bond acceptors (Lipinski definition) is 4. The van der Waals surface area contributed by atoms with Gasteiger partial charge in [0.1, 0.15) is 0 Å². The van der Waals surface area contributed by atoms with Crippen molar-refractivity contribution >= 4 is 44.3 Å². The maximum Gasteiger partial charge on any atom is 0.417 e. The highest BCUT2D eigenvalue weighted by atomic mass is 35.5. The molecule has 188 valence electrons. The lowest BCUT2D eigenvalue weighted by atomic mass is 10.1. The molecule has 2 heterocycles. The molecule has 0 saturated heterocycles. The summed E-state index contributed by atoms with van der Waals surface area (Å²) in [6, 6.07) is 11.2. The molecule has 0 aliphatic heterocycles. The Morgan fingerprint density at radius 1 is 1.14 bits per heavy atom. The van der Waals surface area contributed by atoms with Crippen molar-refractivity contribution in [2.75, 3.05) is 4.31 Å². The Labute approximate surface area is 209 Å². The zero-order chi connectivity index (χ0) is 26.4. The number of carbonyl (C=O) groups is 1. The van der Waals surface area contributed by atoms with E-state index in [0.717, 1.165) is 27.3 Å². The van der Waals surface area contributed by atoms with Crippen LogP contribution in [-0.4, -0.2) is 29.0 Å². The normalized spacial score (nSPS) is 12.2. The quantitative estimate of drug-likeness (QED) is 0.343. The van der Waals surface area contributed by atoms with Crippen molar-refractivity contribution in [1.29, 1.82) is 0 Å². The van der Waals surface area contributed by atoms with Crippen molar-refractivity contribution in [2.24, 2.45) is 7.05 Å². The van der Waals surface area contributed by atoms with E-state index in [0.29, 0.717) is 17.8 Å². The SMILES string of the molecule is Cc1cc(C(=O)O)ccc1S(=O)(=O)N(Cc1ccc2c(ccn2C)c1)c1ncc(C(F)(F)F)cc1Cl. The molecule has 1 N–H and O–H groups in total. The van der Waals surface area contributed by atoms with Crippen molar-refractivity contribution in [3.63, 3.8) is 0 Å². The van der Waals surface area contributed by atoms with E-state index in [4.69, 9.17) is 11.6 Å². The van der Waals surface area contributed by atoms with Crippen molar-refractivity contribution < 1.29 is 31.5 Å². The number of aryl methyl sites for hydroxylation is 2. The molecule has 0 radical (unpaired) electrons. The van der Waals surface area contributed by atoms with E-state index in [9.17, 15) is 31.5 Å². The number of carboxylic acid groups (broad SMARTS) is 1. The largest absolute Gasteiger partial charge is 0.478 e. The average molecular weight is 538 g/mol. The van der Waals surface area contributed by atoms with Gasteiger partial charge in [-0.05, 0) is 65.9 Å². The average Bonchev–Trinajstić information content (AvgIpc) is 3.16. The van der Waals surface area contributed by atoms with E-state index < -0.39 is 32.8 Å². The number of aromatic carboxylic acids is 1. The number of alkyl halides is 3. The van der Waals surface area contributed by atoms with Crippen LogP contribution in [0, 0.1) is 6.92 Å². The molecule has 36 heavy (non-hydrogen) atoms. The Balaban J connectivity index is 1.86. The van der Waals surface area contributed by atoms with Crippen molar-refractivity contribution in [3.05, 3.63) is 88.2 Å². The van der Waals surface area contributed by atoms with Gasteiger partial charge in [0, 0.05) is 25.0 Å². The number of rotatable bonds is 6. The summed E-state index contributed by atoms with van der Waals surface area (Å²) < 4.78 is 69.8. The lowest BCUT2D eigenvalue weighted by molar-refractivity contribution is -0.137. The first kappa shape index (κ1) is 25.5. The van der Waals surface area contributed by atoms with Gasteiger partial charge in [-0.15, -0.1) is 0 Å². The van der Waals surface area contributed by atoms with Crippen LogP contribution in [0.5, 0.6) is 0 Å². The number of fused-ring (bicyclic) bond motifs is 1. The topological polar surface area (TPSA) is 92.5 Å². The number of sulfonamides is 1. The zero-order valence-electron chi connectivity index (χ0n) is 18.9. The van der Waals surface area contributed by atoms with Crippen molar-refractivity contribution in [1.82, 2.24) is 9.55 Å². The van der Waals surface area contributed by atoms with E-state index in [2.05, 4.69) is 4.98 Å². The van der Waals surface area contributed by atoms with Gasteiger partial charge < -0.3 is 9.67 Å². The predicted octanol–water partition coefficient (Wildman–Crippen LogP) is 5.65. The summed E-state index contributed by atoms with van der Waals surface area (Å²) in [5.41, 5.74) is 0.342. The highest BCUT2D eigenvalue weighted by Gasteiger charge is 2.34. The van der Waals surface area contributed by atoms with Crippen LogP contribution in [0.3, 0.4) is 0 Å². The van der Waals surface area contributed by atoms with Gasteiger partial charge in [-0.1, -0.05) is 17.7 Å². The lowest BCUT2D eigenvalue weighted by Gasteiger charge is -2.26.